The molecule has 84 heavy (non-hydrogen) atoms. The zero-order chi connectivity index (χ0) is 62.3. The van der Waals surface area contributed by atoms with Crippen LogP contribution in [-0.4, -0.2) is 108 Å². The van der Waals surface area contributed by atoms with Crippen LogP contribution in [0.3, 0.4) is 0 Å². The zero-order valence-electron chi connectivity index (χ0n) is 55.0. The maximum Gasteiger partial charge on any atom is 0.217 e. The first-order valence-electron chi connectivity index (χ1n) is 32.7. The fourth-order valence-corrected chi connectivity index (χ4v) is 9.85. The van der Waals surface area contributed by atoms with Crippen LogP contribution in [0.1, 0.15) is 216 Å². The lowest BCUT2D eigenvalue weighted by atomic mass is 10.0. The molecule has 0 saturated heterocycles. The topological polar surface area (TPSA) is 137 Å². The van der Waals surface area contributed by atoms with Gasteiger partial charge in [0.2, 0.25) is 5.91 Å². The van der Waals surface area contributed by atoms with Gasteiger partial charge in [-0.05, 0) is 149 Å². The van der Waals surface area contributed by atoms with Gasteiger partial charge in [-0.25, -0.2) is 0 Å². The molecule has 0 aromatic heterocycles. The molecule has 0 spiro atoms. The van der Waals surface area contributed by atoms with E-state index < -0.39 is 24.4 Å². The summed E-state index contributed by atoms with van der Waals surface area (Å²) in [6.07, 6.45) is 36.8. The SMILES string of the molecule is CCCCCc1ccc(/C=C/[C@H](O)[C@@H](CC)N(C)C)cc1.CCCCCc1ccc(/C=C/[C@H](O)[C@@H](CC)NC(C)=O)cc1.CCCCCc1ccc(/C=C/[C@H](O)[C@@H](CC)NC)cc1.CCCCCc1ccc(/C=C/[C@H](O)[C@@H](CC)NCC)cc1. The van der Waals surface area contributed by atoms with Gasteiger partial charge in [0, 0.05) is 25.0 Å². The highest BCUT2D eigenvalue weighted by molar-refractivity contribution is 5.73. The minimum absolute atomic E-state index is 0.115. The molecule has 7 N–H and O–H groups in total. The monoisotopic (exact) mass is 1160 g/mol. The fraction of sp³-hybridized carbons (Fsp3) is 0.560. The minimum atomic E-state index is -0.668. The molecule has 0 bridgehead atoms. The van der Waals surface area contributed by atoms with Crippen molar-refractivity contribution in [1.82, 2.24) is 20.9 Å². The Morgan fingerprint density at radius 1 is 0.417 bits per heavy atom. The lowest BCUT2D eigenvalue weighted by molar-refractivity contribution is -0.120. The molecule has 4 aromatic rings. The van der Waals surface area contributed by atoms with Crippen LogP contribution in [0.5, 0.6) is 0 Å². The van der Waals surface area contributed by atoms with Crippen molar-refractivity contribution in [2.75, 3.05) is 27.7 Å². The number of amides is 1. The standard InChI is InChI=1S/C19H29NO2.2C19H31NO.C18H29NO/c1-4-6-7-8-16-9-11-17(12-10-16)13-14-19(22)18(5-2)20-15(3)21;1-5-7-8-9-16-10-12-17(13-11-16)14-15-19(21)18(6-2)20(3)4;1-4-7-8-9-16-10-12-17(13-11-16)14-15-19(21)18(5-2)20-6-3;1-4-6-7-8-15-9-11-16(12-10-15)13-14-18(20)17(5-2)19-3/h9-14,18-19,22H,4-8H2,1-3H3,(H,20,21);10-15,18-19,21H,5-9H2,1-4H3;10-15,18-21H,4-9H2,1-3H3;9-14,17-20H,4-8H2,1-3H3/b14-13+;2*15-14+;14-13+/t3*18-,19+;17-,18+/m1111/s1. The minimum Gasteiger partial charge on any atom is -0.387 e. The van der Waals surface area contributed by atoms with Crippen molar-refractivity contribution >= 4 is 30.2 Å². The van der Waals surface area contributed by atoms with Gasteiger partial charge < -0.3 is 41.3 Å². The number of aliphatic hydroxyl groups excluding tert-OH is 4. The number of carbonyl (C=O) groups excluding carboxylic acids is 1. The normalized spacial score (nSPS) is 14.5. The Kier molecular flexibility index (Phi) is 45.1. The van der Waals surface area contributed by atoms with E-state index >= 15 is 0 Å². The van der Waals surface area contributed by atoms with Gasteiger partial charge in [-0.1, -0.05) is 259 Å². The maximum absolute atomic E-state index is 11.1. The fourth-order valence-electron chi connectivity index (χ4n) is 9.85. The smallest absolute Gasteiger partial charge is 0.217 e. The largest absolute Gasteiger partial charge is 0.387 e. The molecular formula is C75H120N4O5. The van der Waals surface area contributed by atoms with Gasteiger partial charge in [-0.3, -0.25) is 4.79 Å². The summed E-state index contributed by atoms with van der Waals surface area (Å²) in [7, 11) is 5.91. The van der Waals surface area contributed by atoms with Crippen LogP contribution in [0.25, 0.3) is 24.3 Å². The lowest BCUT2D eigenvalue weighted by Gasteiger charge is -2.25. The number of rotatable bonds is 37. The summed E-state index contributed by atoms with van der Waals surface area (Å²) in [5, 5.41) is 49.7. The van der Waals surface area contributed by atoms with Crippen molar-refractivity contribution in [2.45, 2.75) is 246 Å². The maximum atomic E-state index is 11.1. The van der Waals surface area contributed by atoms with Crippen LogP contribution in [0.15, 0.2) is 121 Å². The zero-order valence-corrected chi connectivity index (χ0v) is 55.0. The van der Waals surface area contributed by atoms with Crippen molar-refractivity contribution in [3.63, 3.8) is 0 Å². The summed E-state index contributed by atoms with van der Waals surface area (Å²) >= 11 is 0. The Morgan fingerprint density at radius 2 is 0.702 bits per heavy atom. The first kappa shape index (κ1) is 77.0. The molecule has 1 amide bonds. The molecule has 0 unspecified atom stereocenters. The molecule has 4 aromatic carbocycles. The van der Waals surface area contributed by atoms with Crippen LogP contribution >= 0.6 is 0 Å². The van der Waals surface area contributed by atoms with E-state index in [4.69, 9.17) is 0 Å². The number of carbonyl (C=O) groups is 1. The highest BCUT2D eigenvalue weighted by atomic mass is 16.3. The predicted molar refractivity (Wildman–Crippen MR) is 365 cm³/mol. The molecule has 0 aliphatic carbocycles. The Morgan fingerprint density at radius 3 is 0.940 bits per heavy atom. The highest BCUT2D eigenvalue weighted by Gasteiger charge is 2.17. The number of nitrogens with zero attached hydrogens (tertiary/aromatic N) is 1. The summed E-state index contributed by atoms with van der Waals surface area (Å²) in [5.74, 6) is -0.115. The molecule has 470 valence electrons. The van der Waals surface area contributed by atoms with Crippen LogP contribution in [-0.2, 0) is 30.5 Å². The summed E-state index contributed by atoms with van der Waals surface area (Å²) in [5.41, 5.74) is 10.1. The summed E-state index contributed by atoms with van der Waals surface area (Å²) in [4.78, 5) is 13.2. The lowest BCUT2D eigenvalue weighted by Crippen LogP contribution is -2.40. The number of hydrogen-bond acceptors (Lipinski definition) is 8. The van der Waals surface area contributed by atoms with Gasteiger partial charge in [-0.15, -0.1) is 0 Å². The van der Waals surface area contributed by atoms with E-state index in [0.717, 1.165) is 60.9 Å². The number of aryl methyl sites for hydroxylation is 4. The average molecular weight is 1160 g/mol. The van der Waals surface area contributed by atoms with Gasteiger partial charge in [0.25, 0.3) is 0 Å². The van der Waals surface area contributed by atoms with E-state index in [0.29, 0.717) is 6.42 Å². The molecule has 0 radical (unpaired) electrons. The first-order valence-corrected chi connectivity index (χ1v) is 32.7. The second kappa shape index (κ2) is 49.2. The van der Waals surface area contributed by atoms with E-state index in [9.17, 15) is 25.2 Å². The van der Waals surface area contributed by atoms with E-state index in [1.54, 1.807) is 6.08 Å². The van der Waals surface area contributed by atoms with Crippen LogP contribution in [0, 0.1) is 0 Å². The molecule has 0 heterocycles. The van der Waals surface area contributed by atoms with E-state index in [1.807, 2.05) is 70.6 Å². The summed E-state index contributed by atoms with van der Waals surface area (Å²) < 4.78 is 0. The number of hydrogen-bond donors (Lipinski definition) is 7. The molecule has 0 fully saturated rings. The van der Waals surface area contributed by atoms with E-state index in [-0.39, 0.29) is 30.1 Å². The number of nitrogens with one attached hydrogen (secondary N) is 3. The predicted octanol–water partition coefficient (Wildman–Crippen LogP) is 15.8. The Balaban J connectivity index is 0.000000560. The molecule has 9 nitrogen and oxygen atoms in total. The third-order valence-corrected chi connectivity index (χ3v) is 15.4. The van der Waals surface area contributed by atoms with Crippen molar-refractivity contribution < 1.29 is 25.2 Å². The molecule has 0 saturated carbocycles. The van der Waals surface area contributed by atoms with Crippen LogP contribution < -0.4 is 16.0 Å². The van der Waals surface area contributed by atoms with Crippen molar-refractivity contribution in [3.8, 4) is 0 Å². The van der Waals surface area contributed by atoms with Gasteiger partial charge in [0.1, 0.15) is 0 Å². The Labute approximate surface area is 513 Å². The number of benzene rings is 4. The van der Waals surface area contributed by atoms with Gasteiger partial charge in [0.15, 0.2) is 0 Å². The molecular weight excluding hydrogens is 1040 g/mol. The third kappa shape index (κ3) is 35.5. The molecule has 0 aliphatic rings. The Bertz CT molecular complexity index is 2300. The summed E-state index contributed by atoms with van der Waals surface area (Å²) in [6, 6.07) is 34.6. The summed E-state index contributed by atoms with van der Waals surface area (Å²) in [6.45, 7) is 21.5. The number of unbranched alkanes of at least 4 members (excludes halogenated alkanes) is 8. The van der Waals surface area contributed by atoms with Crippen molar-refractivity contribution in [3.05, 3.63) is 166 Å². The second-order valence-corrected chi connectivity index (χ2v) is 22.7. The average Bonchev–Trinajstić information content (AvgIpc) is 3.58. The Hall–Kier alpha value is -4.97. The molecule has 0 aliphatic heterocycles. The van der Waals surface area contributed by atoms with E-state index in [1.165, 1.54) is 119 Å². The van der Waals surface area contributed by atoms with Gasteiger partial charge in [-0.2, -0.15) is 0 Å². The van der Waals surface area contributed by atoms with Gasteiger partial charge >= 0.3 is 0 Å². The van der Waals surface area contributed by atoms with Crippen LogP contribution in [0.4, 0.5) is 0 Å². The van der Waals surface area contributed by atoms with Crippen molar-refractivity contribution in [1.29, 1.82) is 0 Å². The number of aliphatic hydroxyl groups is 4. The van der Waals surface area contributed by atoms with Gasteiger partial charge in [0.05, 0.1) is 30.5 Å². The molecule has 9 heteroatoms. The first-order chi connectivity index (χ1) is 40.6. The molecule has 4 rings (SSSR count). The van der Waals surface area contributed by atoms with Crippen molar-refractivity contribution in [2.24, 2.45) is 0 Å². The second-order valence-electron chi connectivity index (χ2n) is 22.7. The van der Waals surface area contributed by atoms with Crippen LogP contribution in [0.2, 0.25) is 0 Å². The highest BCUT2D eigenvalue weighted by Crippen LogP contribution is 2.17. The van der Waals surface area contributed by atoms with E-state index in [2.05, 4.69) is 173 Å². The quantitative estimate of drug-likeness (QED) is 0.0222. The third-order valence-electron chi connectivity index (χ3n) is 15.4. The molecule has 8 atom stereocenters. The number of likely N-dealkylation sites (N-methyl/N-ethyl adjacent to an activating group) is 3.